The molecule has 0 bridgehead atoms. The highest BCUT2D eigenvalue weighted by Gasteiger charge is 2.27. The van der Waals surface area contributed by atoms with Crippen molar-refractivity contribution in [2.45, 2.75) is 59.4 Å². The Morgan fingerprint density at radius 3 is 2.52 bits per heavy atom. The topological polar surface area (TPSA) is 49.6 Å². The minimum absolute atomic E-state index is 0.226. The summed E-state index contributed by atoms with van der Waals surface area (Å²) in [6.07, 6.45) is 3.71. The number of likely N-dealkylation sites (N-methyl/N-ethyl adjacent to an activating group) is 1. The molecule has 0 aromatic carbocycles. The number of hydrogen-bond acceptors (Lipinski definition) is 3. The Kier molecular flexibility index (Phi) is 7.14. The third kappa shape index (κ3) is 5.95. The zero-order valence-electron chi connectivity index (χ0n) is 14.7. The first kappa shape index (κ1) is 18.4. The molecule has 2 N–H and O–H groups in total. The van der Waals surface area contributed by atoms with Gasteiger partial charge in [-0.25, -0.2) is 0 Å². The molecule has 0 saturated carbocycles. The van der Waals surface area contributed by atoms with E-state index in [4.69, 9.17) is 5.73 Å². The monoisotopic (exact) mass is 297 g/mol. The van der Waals surface area contributed by atoms with Crippen LogP contribution in [0.3, 0.4) is 0 Å². The van der Waals surface area contributed by atoms with Crippen LogP contribution in [0.1, 0.15) is 53.4 Å². The van der Waals surface area contributed by atoms with Gasteiger partial charge in [0.1, 0.15) is 0 Å². The van der Waals surface area contributed by atoms with E-state index in [0.29, 0.717) is 30.8 Å². The fraction of sp³-hybridized carbons (Fsp3) is 0.941. The molecule has 1 rings (SSSR count). The lowest BCUT2D eigenvalue weighted by atomic mass is 9.76. The normalized spacial score (nSPS) is 23.0. The van der Waals surface area contributed by atoms with E-state index in [-0.39, 0.29) is 5.41 Å². The molecule has 0 aromatic rings. The second-order valence-electron chi connectivity index (χ2n) is 7.73. The van der Waals surface area contributed by atoms with Gasteiger partial charge < -0.3 is 15.5 Å². The Bertz CT molecular complexity index is 324. The summed E-state index contributed by atoms with van der Waals surface area (Å²) >= 11 is 0. The molecule has 4 heteroatoms. The van der Waals surface area contributed by atoms with Crippen LogP contribution in [-0.4, -0.2) is 55.0 Å². The van der Waals surface area contributed by atoms with E-state index >= 15 is 0 Å². The number of hydrogen-bond donors (Lipinski definition) is 1. The molecule has 0 aliphatic carbocycles. The summed E-state index contributed by atoms with van der Waals surface area (Å²) < 4.78 is 0. The van der Waals surface area contributed by atoms with Gasteiger partial charge in [-0.05, 0) is 57.7 Å². The zero-order valence-corrected chi connectivity index (χ0v) is 14.7. The van der Waals surface area contributed by atoms with Crippen molar-refractivity contribution in [3.63, 3.8) is 0 Å². The van der Waals surface area contributed by atoms with Crippen LogP contribution in [0.5, 0.6) is 0 Å². The molecule has 1 fully saturated rings. The van der Waals surface area contributed by atoms with E-state index in [0.717, 1.165) is 38.9 Å². The minimum Gasteiger partial charge on any atom is -0.339 e. The fourth-order valence-electron chi connectivity index (χ4n) is 3.40. The molecule has 0 spiro atoms. The standard InChI is InChI=1S/C17H35N3O/c1-14-13-19(5)11-6-12-20(14)16(21)8-7-15(9-10-18)17(2,3)4/h14-15H,6-13,18H2,1-5H3. The Labute approximate surface area is 131 Å². The van der Waals surface area contributed by atoms with Crippen molar-refractivity contribution in [2.75, 3.05) is 33.2 Å². The number of nitrogens with zero attached hydrogens (tertiary/aromatic N) is 2. The highest BCUT2D eigenvalue weighted by Crippen LogP contribution is 2.32. The van der Waals surface area contributed by atoms with Gasteiger partial charge in [0.25, 0.3) is 0 Å². The van der Waals surface area contributed by atoms with Crippen LogP contribution in [-0.2, 0) is 4.79 Å². The Morgan fingerprint density at radius 2 is 1.95 bits per heavy atom. The van der Waals surface area contributed by atoms with Gasteiger partial charge in [-0.15, -0.1) is 0 Å². The number of nitrogens with two attached hydrogens (primary N) is 1. The molecule has 1 amide bonds. The van der Waals surface area contributed by atoms with Gasteiger partial charge in [0, 0.05) is 25.6 Å². The molecular weight excluding hydrogens is 262 g/mol. The van der Waals surface area contributed by atoms with Crippen LogP contribution in [0.2, 0.25) is 0 Å². The molecule has 1 heterocycles. The molecule has 1 aliphatic rings. The summed E-state index contributed by atoms with van der Waals surface area (Å²) in [4.78, 5) is 17.0. The number of carbonyl (C=O) groups is 1. The summed E-state index contributed by atoms with van der Waals surface area (Å²) in [5.41, 5.74) is 5.96. The van der Waals surface area contributed by atoms with E-state index in [2.05, 4.69) is 44.5 Å². The van der Waals surface area contributed by atoms with Crippen LogP contribution >= 0.6 is 0 Å². The summed E-state index contributed by atoms with van der Waals surface area (Å²) in [7, 11) is 2.14. The maximum Gasteiger partial charge on any atom is 0.222 e. The highest BCUT2D eigenvalue weighted by molar-refractivity contribution is 5.76. The van der Waals surface area contributed by atoms with Crippen LogP contribution in [0.4, 0.5) is 0 Å². The predicted molar refractivity (Wildman–Crippen MR) is 89.1 cm³/mol. The summed E-state index contributed by atoms with van der Waals surface area (Å²) in [6, 6.07) is 0.326. The summed E-state index contributed by atoms with van der Waals surface area (Å²) in [5, 5.41) is 0. The van der Waals surface area contributed by atoms with Crippen LogP contribution < -0.4 is 5.73 Å². The van der Waals surface area contributed by atoms with E-state index in [1.54, 1.807) is 0 Å². The molecule has 124 valence electrons. The van der Waals surface area contributed by atoms with Crippen LogP contribution in [0.15, 0.2) is 0 Å². The molecule has 21 heavy (non-hydrogen) atoms. The largest absolute Gasteiger partial charge is 0.339 e. The van der Waals surface area contributed by atoms with Gasteiger partial charge >= 0.3 is 0 Å². The lowest BCUT2D eigenvalue weighted by Crippen LogP contribution is -2.42. The zero-order chi connectivity index (χ0) is 16.0. The first-order valence-corrected chi connectivity index (χ1v) is 8.43. The predicted octanol–water partition coefficient (Wildman–Crippen LogP) is 2.33. The van der Waals surface area contributed by atoms with Crippen molar-refractivity contribution in [1.82, 2.24) is 9.80 Å². The molecule has 0 radical (unpaired) electrons. The van der Waals surface area contributed by atoms with Crippen molar-refractivity contribution >= 4 is 5.91 Å². The first-order valence-electron chi connectivity index (χ1n) is 8.43. The first-order chi connectivity index (χ1) is 9.75. The van der Waals surface area contributed by atoms with E-state index in [1.807, 2.05) is 0 Å². The van der Waals surface area contributed by atoms with E-state index in [9.17, 15) is 4.79 Å². The van der Waals surface area contributed by atoms with Gasteiger partial charge in [-0.1, -0.05) is 20.8 Å². The van der Waals surface area contributed by atoms with Crippen molar-refractivity contribution in [2.24, 2.45) is 17.1 Å². The van der Waals surface area contributed by atoms with Crippen LogP contribution in [0, 0.1) is 11.3 Å². The van der Waals surface area contributed by atoms with Crippen molar-refractivity contribution in [1.29, 1.82) is 0 Å². The summed E-state index contributed by atoms with van der Waals surface area (Å²) in [5.74, 6) is 0.848. The van der Waals surface area contributed by atoms with E-state index < -0.39 is 0 Å². The molecule has 1 saturated heterocycles. The molecule has 2 unspecified atom stereocenters. The van der Waals surface area contributed by atoms with Gasteiger partial charge in [-0.2, -0.15) is 0 Å². The second-order valence-corrected chi connectivity index (χ2v) is 7.73. The van der Waals surface area contributed by atoms with Gasteiger partial charge in [-0.3, -0.25) is 4.79 Å². The minimum atomic E-state index is 0.226. The molecule has 1 aliphatic heterocycles. The van der Waals surface area contributed by atoms with Gasteiger partial charge in [0.05, 0.1) is 0 Å². The average molecular weight is 297 g/mol. The maximum atomic E-state index is 12.6. The SMILES string of the molecule is CC1CN(C)CCCN1C(=O)CCC(CCN)C(C)(C)C. The lowest BCUT2D eigenvalue weighted by Gasteiger charge is -2.32. The third-order valence-electron chi connectivity index (χ3n) is 4.81. The third-order valence-corrected chi connectivity index (χ3v) is 4.81. The van der Waals surface area contributed by atoms with Crippen molar-refractivity contribution < 1.29 is 4.79 Å². The fourth-order valence-corrected chi connectivity index (χ4v) is 3.40. The quantitative estimate of drug-likeness (QED) is 0.847. The van der Waals surface area contributed by atoms with E-state index in [1.165, 1.54) is 0 Å². The lowest BCUT2D eigenvalue weighted by molar-refractivity contribution is -0.133. The Morgan fingerprint density at radius 1 is 1.29 bits per heavy atom. The highest BCUT2D eigenvalue weighted by atomic mass is 16.2. The van der Waals surface area contributed by atoms with Gasteiger partial charge in [0.15, 0.2) is 0 Å². The van der Waals surface area contributed by atoms with Crippen molar-refractivity contribution in [3.8, 4) is 0 Å². The number of amides is 1. The molecule has 0 aromatic heterocycles. The molecule has 2 atom stereocenters. The van der Waals surface area contributed by atoms with Gasteiger partial charge in [0.2, 0.25) is 5.91 Å². The Balaban J connectivity index is 2.55. The number of carbonyl (C=O) groups excluding carboxylic acids is 1. The molecular formula is C17H35N3O. The number of rotatable bonds is 5. The second kappa shape index (κ2) is 8.14. The van der Waals surface area contributed by atoms with Crippen molar-refractivity contribution in [3.05, 3.63) is 0 Å². The van der Waals surface area contributed by atoms with Crippen LogP contribution in [0.25, 0.3) is 0 Å². The average Bonchev–Trinajstić information content (AvgIpc) is 2.53. The maximum absolute atomic E-state index is 12.6. The summed E-state index contributed by atoms with van der Waals surface area (Å²) in [6.45, 7) is 12.6. The Hall–Kier alpha value is -0.610. The molecule has 4 nitrogen and oxygen atoms in total. The smallest absolute Gasteiger partial charge is 0.222 e.